The molecule has 10 rings (SSSR count). The summed E-state index contributed by atoms with van der Waals surface area (Å²) >= 11 is 0. The van der Waals surface area contributed by atoms with E-state index in [0.717, 1.165) is 59.4 Å². The van der Waals surface area contributed by atoms with E-state index in [1.807, 2.05) is 53.7 Å². The maximum absolute atomic E-state index is 13.8. The number of H-pyrrole nitrogens is 1. The largest absolute Gasteiger partial charge is 0.370 e. The molecule has 0 aliphatic carbocycles. The van der Waals surface area contributed by atoms with E-state index in [4.69, 9.17) is 5.73 Å². The third-order valence-electron chi connectivity index (χ3n) is 11.4. The van der Waals surface area contributed by atoms with Crippen molar-refractivity contribution in [1.29, 1.82) is 0 Å². The molecule has 0 radical (unpaired) electrons. The highest BCUT2D eigenvalue weighted by Gasteiger charge is 2.34. The minimum absolute atomic E-state index is 0.0531. The molecular weight excluding hydrogens is 823 g/mol. The summed E-state index contributed by atoms with van der Waals surface area (Å²) in [6.45, 7) is 3.09. The topological polar surface area (TPSA) is 227 Å². The molecule has 0 bridgehead atoms. The molecule has 2 amide bonds. The molecule has 8 aromatic rings. The van der Waals surface area contributed by atoms with E-state index in [1.165, 1.54) is 29.6 Å². The van der Waals surface area contributed by atoms with Gasteiger partial charge in [-0.15, -0.1) is 5.10 Å². The van der Waals surface area contributed by atoms with E-state index in [2.05, 4.69) is 72.2 Å². The Morgan fingerprint density at radius 1 is 0.703 bits per heavy atom. The molecule has 18 nitrogen and oxygen atoms in total. The predicted octanol–water partition coefficient (Wildman–Crippen LogP) is 6.41. The number of hydrogen-bond donors (Lipinski definition) is 5. The fraction of sp³-hybridized carbons (Fsp3) is 0.227. The van der Waals surface area contributed by atoms with Crippen LogP contribution in [0.15, 0.2) is 98.1 Å². The molecule has 2 aromatic carbocycles. The fourth-order valence-corrected chi connectivity index (χ4v) is 8.01. The molecule has 2 saturated heterocycles. The van der Waals surface area contributed by atoms with Crippen molar-refractivity contribution in [1.82, 2.24) is 54.9 Å². The number of benzene rings is 2. The number of hydrogen-bond acceptors (Lipinski definition) is 14. The molecule has 0 spiro atoms. The van der Waals surface area contributed by atoms with E-state index in [0.29, 0.717) is 52.8 Å². The van der Waals surface area contributed by atoms with Gasteiger partial charge in [-0.1, -0.05) is 12.1 Å². The van der Waals surface area contributed by atoms with Crippen molar-refractivity contribution in [3.8, 4) is 22.3 Å². The zero-order valence-corrected chi connectivity index (χ0v) is 34.2. The molecule has 6 N–H and O–H groups in total. The zero-order chi connectivity index (χ0) is 43.8. The maximum atomic E-state index is 13.8. The van der Waals surface area contributed by atoms with Crippen molar-refractivity contribution in [3.05, 3.63) is 115 Å². The van der Waals surface area contributed by atoms with Gasteiger partial charge in [0.25, 0.3) is 17.7 Å². The Balaban J connectivity index is 0.881. The number of aromatic amines is 1. The summed E-state index contributed by atoms with van der Waals surface area (Å²) in [4.78, 5) is 58.7. The first kappa shape index (κ1) is 40.1. The number of aromatic nitrogens is 10. The number of amides is 2. The number of fused-ring (bicyclic) bond motifs is 2. The molecule has 0 atom stereocenters. The molecule has 6 aromatic heterocycles. The second-order valence-corrected chi connectivity index (χ2v) is 15.8. The molecule has 0 unspecified atom stereocenters. The number of piperidine rings is 1. The number of likely N-dealkylation sites (tertiary alicyclic amines) is 1. The lowest BCUT2D eigenvalue weighted by molar-refractivity contribution is -0.0566. The average molecular weight is 863 g/mol. The number of carbonyl (C=O) groups is 2. The number of anilines is 5. The summed E-state index contributed by atoms with van der Waals surface area (Å²) in [5, 5.41) is 18.6. The third kappa shape index (κ3) is 8.45. The number of nitrogen functional groups attached to an aromatic ring is 1. The first-order valence-electron chi connectivity index (χ1n) is 20.7. The highest BCUT2D eigenvalue weighted by molar-refractivity contribution is 6.12. The van der Waals surface area contributed by atoms with Gasteiger partial charge in [-0.25, -0.2) is 34.1 Å². The van der Waals surface area contributed by atoms with Gasteiger partial charge >= 0.3 is 0 Å². The van der Waals surface area contributed by atoms with Gasteiger partial charge in [-0.05, 0) is 65.9 Å². The lowest BCUT2D eigenvalue weighted by Gasteiger charge is -2.31. The van der Waals surface area contributed by atoms with Crippen molar-refractivity contribution in [2.45, 2.75) is 38.2 Å². The van der Waals surface area contributed by atoms with E-state index < -0.39 is 17.7 Å². The van der Waals surface area contributed by atoms with E-state index >= 15 is 0 Å². The molecular formula is C44H40F2N16O2. The number of nitrogens with zero attached hydrogens (tertiary/aromatic N) is 11. The van der Waals surface area contributed by atoms with Gasteiger partial charge in [-0.2, -0.15) is 9.89 Å². The second-order valence-electron chi connectivity index (χ2n) is 15.8. The Labute approximate surface area is 363 Å². The molecule has 2 aliphatic heterocycles. The molecule has 64 heavy (non-hydrogen) atoms. The Kier molecular flexibility index (Phi) is 10.5. The van der Waals surface area contributed by atoms with Crippen LogP contribution in [0.4, 0.5) is 37.7 Å². The SMILES string of the molecule is Nc1ncc(NC(=O)c2nn(Nc3ncc(NC(=O)c4n[nH]c5ccc(-c6cncc(N7CCCC7)c6)cc45)cn3)c3ccc(-c4cncc(CN5CCC(F)(F)CC5)c4)cc23)cn1. The first-order valence-corrected chi connectivity index (χ1v) is 20.7. The number of rotatable bonds is 11. The van der Waals surface area contributed by atoms with E-state index in [-0.39, 0.29) is 36.1 Å². The molecule has 2 fully saturated rings. The van der Waals surface area contributed by atoms with Crippen LogP contribution in [0.1, 0.15) is 52.2 Å². The minimum atomic E-state index is -2.63. The first-order chi connectivity index (χ1) is 31.1. The van der Waals surface area contributed by atoms with E-state index in [1.54, 1.807) is 18.5 Å². The highest BCUT2D eigenvalue weighted by atomic mass is 19.3. The van der Waals surface area contributed by atoms with Crippen molar-refractivity contribution in [3.63, 3.8) is 0 Å². The van der Waals surface area contributed by atoms with Crippen LogP contribution in [0.5, 0.6) is 0 Å². The molecule has 0 saturated carbocycles. The lowest BCUT2D eigenvalue weighted by atomic mass is 10.0. The lowest BCUT2D eigenvalue weighted by Crippen LogP contribution is -2.38. The second kappa shape index (κ2) is 16.7. The minimum Gasteiger partial charge on any atom is -0.370 e. The number of nitrogens with two attached hydrogens (primary N) is 1. The Morgan fingerprint density at radius 3 is 2.08 bits per heavy atom. The van der Waals surface area contributed by atoms with Crippen LogP contribution in [-0.4, -0.2) is 98.8 Å². The summed E-state index contributed by atoms with van der Waals surface area (Å²) < 4.78 is 27.6. The monoisotopic (exact) mass is 862 g/mol. The Hall–Kier alpha value is -8.00. The molecule has 20 heteroatoms. The predicted molar refractivity (Wildman–Crippen MR) is 237 cm³/mol. The molecule has 8 heterocycles. The normalized spacial score (nSPS) is 15.1. The van der Waals surface area contributed by atoms with Crippen molar-refractivity contribution in [2.24, 2.45) is 0 Å². The molecule has 2 aliphatic rings. The van der Waals surface area contributed by atoms with Crippen LogP contribution in [0, 0.1) is 0 Å². The summed E-state index contributed by atoms with van der Waals surface area (Å²) in [6, 6.07) is 15.4. The summed E-state index contributed by atoms with van der Waals surface area (Å²) in [7, 11) is 0. The summed E-state index contributed by atoms with van der Waals surface area (Å²) in [5.74, 6) is -3.46. The van der Waals surface area contributed by atoms with Crippen molar-refractivity contribution >= 4 is 62.6 Å². The highest BCUT2D eigenvalue weighted by Crippen LogP contribution is 2.32. The fourth-order valence-electron chi connectivity index (χ4n) is 8.01. The Morgan fingerprint density at radius 2 is 1.34 bits per heavy atom. The number of alkyl halides is 2. The van der Waals surface area contributed by atoms with Gasteiger partial charge in [0, 0.05) is 86.1 Å². The van der Waals surface area contributed by atoms with Crippen LogP contribution in [0.25, 0.3) is 44.1 Å². The van der Waals surface area contributed by atoms with Crippen LogP contribution in [0.3, 0.4) is 0 Å². The van der Waals surface area contributed by atoms with Gasteiger partial charge in [-0.3, -0.25) is 29.6 Å². The van der Waals surface area contributed by atoms with Gasteiger partial charge in [0.1, 0.15) is 0 Å². The quantitative estimate of drug-likeness (QED) is 0.0948. The smallest absolute Gasteiger partial charge is 0.276 e. The van der Waals surface area contributed by atoms with E-state index in [9.17, 15) is 18.4 Å². The summed E-state index contributed by atoms with van der Waals surface area (Å²) in [5.41, 5.74) is 16.1. The Bertz CT molecular complexity index is 3010. The van der Waals surface area contributed by atoms with Crippen LogP contribution < -0.4 is 26.7 Å². The van der Waals surface area contributed by atoms with Crippen LogP contribution >= 0.6 is 0 Å². The van der Waals surface area contributed by atoms with Crippen molar-refractivity contribution in [2.75, 3.05) is 52.9 Å². The van der Waals surface area contributed by atoms with Gasteiger partial charge in [0.05, 0.1) is 59.1 Å². The van der Waals surface area contributed by atoms with Crippen LogP contribution in [0.2, 0.25) is 0 Å². The van der Waals surface area contributed by atoms with Gasteiger partial charge in [0.15, 0.2) is 11.4 Å². The number of carbonyl (C=O) groups excluding carboxylic acids is 2. The van der Waals surface area contributed by atoms with Gasteiger partial charge in [0.2, 0.25) is 11.9 Å². The maximum Gasteiger partial charge on any atom is 0.276 e. The van der Waals surface area contributed by atoms with Gasteiger partial charge < -0.3 is 21.3 Å². The number of halogens is 2. The van der Waals surface area contributed by atoms with Crippen LogP contribution in [-0.2, 0) is 6.54 Å². The average Bonchev–Trinajstić information content (AvgIpc) is 4.09. The number of pyridine rings is 2. The third-order valence-corrected chi connectivity index (χ3v) is 11.4. The zero-order valence-electron chi connectivity index (χ0n) is 34.2. The standard InChI is InChI=1S/C44H40F2N16O2/c45-44(46)7-11-60(12-8-44)25-26-13-29(18-48-17-26)28-4-6-37-35(16-28)39(41(64)55-31-20-50-42(47)51-21-31)58-62(37)59-43-52-22-32(23-53-43)54-40(63)38-34-15-27(3-5-36(34)56-57-38)30-14-33(24-49-19-30)61-9-1-2-10-61/h3-6,13-24H,1-2,7-12,25H2,(H,54,63)(H,55,64)(H,56,57)(H2,47,50,51)(H,52,53,59). The number of nitrogens with one attached hydrogen (secondary N) is 4. The molecule has 322 valence electrons. The summed E-state index contributed by atoms with van der Waals surface area (Å²) in [6.07, 6.45) is 14.8. The van der Waals surface area contributed by atoms with Crippen molar-refractivity contribution < 1.29 is 18.4 Å².